The summed E-state index contributed by atoms with van der Waals surface area (Å²) < 4.78 is 0. The van der Waals surface area contributed by atoms with Crippen LogP contribution in [0.2, 0.25) is 0 Å². The van der Waals surface area contributed by atoms with E-state index in [9.17, 15) is 0 Å². The highest BCUT2D eigenvalue weighted by molar-refractivity contribution is 5.60. The Labute approximate surface area is 199 Å². The summed E-state index contributed by atoms with van der Waals surface area (Å²) >= 11 is 0. The molecule has 0 aromatic heterocycles. The number of carbonyl (C=O) groups excluding carboxylic acids is 1. The number of rotatable bonds is 17. The van der Waals surface area contributed by atoms with Gasteiger partial charge in [-0.3, -0.25) is 0 Å². The molecule has 1 atom stereocenters. The fourth-order valence-corrected chi connectivity index (χ4v) is 3.90. The van der Waals surface area contributed by atoms with Gasteiger partial charge in [0.05, 0.1) is 20.1 Å². The third-order valence-electron chi connectivity index (χ3n) is 5.80. The molecule has 0 radical (unpaired) electrons. The zero-order chi connectivity index (χ0) is 22.5. The summed E-state index contributed by atoms with van der Waals surface area (Å²) in [5.74, 6) is -1.08. The van der Waals surface area contributed by atoms with E-state index in [1.165, 1.54) is 102 Å². The van der Waals surface area contributed by atoms with Crippen LogP contribution in [-0.4, -0.2) is 26.1 Å². The van der Waals surface area contributed by atoms with E-state index in [1.807, 2.05) is 0 Å². The van der Waals surface area contributed by atoms with Crippen molar-refractivity contribution in [2.75, 3.05) is 14.1 Å². The summed E-state index contributed by atoms with van der Waals surface area (Å²) in [6.07, 6.45) is 21.4. The molecule has 0 amide bonds. The Balaban J connectivity index is 0. The van der Waals surface area contributed by atoms with Gasteiger partial charge in [0.15, 0.2) is 0 Å². The number of hydrogen-bond donors (Lipinski definition) is 1. The Morgan fingerprint density at radius 3 is 1.58 bits per heavy atom. The molecule has 31 heavy (non-hydrogen) atoms. The van der Waals surface area contributed by atoms with E-state index in [-0.39, 0.29) is 12.4 Å². The van der Waals surface area contributed by atoms with Crippen molar-refractivity contribution in [3.05, 3.63) is 35.9 Å². The quantitative estimate of drug-likeness (QED) is 0.366. The monoisotopic (exact) mass is 454 g/mol. The van der Waals surface area contributed by atoms with E-state index in [0.29, 0.717) is 0 Å². The first-order chi connectivity index (χ1) is 14.5. The molecule has 1 aromatic rings. The van der Waals surface area contributed by atoms with Crippen molar-refractivity contribution in [2.24, 2.45) is 0 Å². The smallest absolute Gasteiger partial charge is 0.0911 e. The van der Waals surface area contributed by atoms with E-state index >= 15 is 0 Å². The number of carboxylic acids is 1. The van der Waals surface area contributed by atoms with E-state index in [4.69, 9.17) is 9.90 Å². The van der Waals surface area contributed by atoms with Gasteiger partial charge < -0.3 is 27.2 Å². The molecule has 0 saturated carbocycles. The second-order valence-corrected chi connectivity index (χ2v) is 8.99. The Hall–Kier alpha value is -1.06. The minimum absolute atomic E-state index is 0. The molecular weight excluding hydrogens is 406 g/mol. The highest BCUT2D eigenvalue weighted by Crippen LogP contribution is 2.14. The van der Waals surface area contributed by atoms with Crippen LogP contribution in [-0.2, 0) is 11.2 Å². The number of quaternary nitrogens is 1. The highest BCUT2D eigenvalue weighted by atomic mass is 35.5. The van der Waals surface area contributed by atoms with E-state index in [2.05, 4.69) is 51.4 Å². The summed E-state index contributed by atoms with van der Waals surface area (Å²) in [4.78, 5) is 10.5. The number of benzene rings is 1. The molecule has 0 aliphatic rings. The summed E-state index contributed by atoms with van der Waals surface area (Å²) in [6.45, 7) is 3.27. The molecular formula is C27H49ClNO2-. The van der Waals surface area contributed by atoms with Crippen molar-refractivity contribution in [1.82, 2.24) is 0 Å². The lowest BCUT2D eigenvalue weighted by molar-refractivity contribution is -0.886. The average molecular weight is 455 g/mol. The zero-order valence-electron chi connectivity index (χ0n) is 20.8. The van der Waals surface area contributed by atoms with Gasteiger partial charge >= 0.3 is 0 Å². The van der Waals surface area contributed by atoms with Gasteiger partial charge in [-0.05, 0) is 25.3 Å². The van der Waals surface area contributed by atoms with Crippen LogP contribution in [0.15, 0.2) is 30.3 Å². The van der Waals surface area contributed by atoms with Crippen molar-refractivity contribution in [3.8, 4) is 0 Å². The minimum atomic E-state index is -1.08. The van der Waals surface area contributed by atoms with Crippen LogP contribution in [0.4, 0.5) is 0 Å². The van der Waals surface area contributed by atoms with Gasteiger partial charge in [-0.25, -0.2) is 0 Å². The fraction of sp³-hybridized carbons (Fsp3) is 0.741. The van der Waals surface area contributed by atoms with E-state index < -0.39 is 5.97 Å². The normalized spacial score (nSPS) is 11.4. The van der Waals surface area contributed by atoms with Crippen LogP contribution >= 0.6 is 0 Å². The Morgan fingerprint density at radius 2 is 1.19 bits per heavy atom. The molecule has 1 unspecified atom stereocenters. The minimum Gasteiger partial charge on any atom is -1.00 e. The Bertz CT molecular complexity index is 489. The van der Waals surface area contributed by atoms with Gasteiger partial charge in [0.1, 0.15) is 0 Å². The van der Waals surface area contributed by atoms with Crippen molar-refractivity contribution in [1.29, 1.82) is 0 Å². The van der Waals surface area contributed by atoms with Crippen LogP contribution in [0.25, 0.3) is 0 Å². The summed E-state index contributed by atoms with van der Waals surface area (Å²) in [6, 6.07) is 11.8. The SMILES string of the molecule is CC(=O)[O-].CCCCCCCCCCCCCCCC(Cc1ccccc1)[NH+](C)C.[Cl-]. The average Bonchev–Trinajstić information content (AvgIpc) is 2.70. The van der Waals surface area contributed by atoms with Gasteiger partial charge in [0.2, 0.25) is 0 Å². The van der Waals surface area contributed by atoms with Crippen molar-refractivity contribution < 1.29 is 27.2 Å². The predicted molar refractivity (Wildman–Crippen MR) is 128 cm³/mol. The highest BCUT2D eigenvalue weighted by Gasteiger charge is 2.15. The van der Waals surface area contributed by atoms with Crippen LogP contribution in [0.3, 0.4) is 0 Å². The molecule has 1 N–H and O–H groups in total. The summed E-state index contributed by atoms with van der Waals surface area (Å²) in [7, 11) is 4.63. The second kappa shape index (κ2) is 23.6. The maximum Gasteiger partial charge on any atom is 0.0911 e. The first-order valence-corrected chi connectivity index (χ1v) is 12.5. The first kappa shape index (κ1) is 32.1. The molecule has 3 nitrogen and oxygen atoms in total. The number of unbranched alkanes of at least 4 members (excludes halogenated alkanes) is 12. The molecule has 0 saturated heterocycles. The molecule has 182 valence electrons. The topological polar surface area (TPSA) is 44.6 Å². The van der Waals surface area contributed by atoms with Gasteiger partial charge in [-0.15, -0.1) is 0 Å². The Kier molecular flexibility index (Phi) is 24.5. The summed E-state index contributed by atoms with van der Waals surface area (Å²) in [5.41, 5.74) is 1.49. The maximum atomic E-state index is 8.89. The first-order valence-electron chi connectivity index (χ1n) is 12.5. The van der Waals surface area contributed by atoms with Gasteiger partial charge in [0, 0.05) is 12.4 Å². The molecule has 1 rings (SSSR count). The number of aliphatic carboxylic acids is 1. The number of likely N-dealkylation sites (N-methyl/N-ethyl adjacent to an activating group) is 1. The van der Waals surface area contributed by atoms with Crippen molar-refractivity contribution in [3.63, 3.8) is 0 Å². The largest absolute Gasteiger partial charge is 1.00 e. The molecule has 0 aliphatic heterocycles. The lowest BCUT2D eigenvalue weighted by atomic mass is 9.98. The van der Waals surface area contributed by atoms with Gasteiger partial charge in [-0.2, -0.15) is 0 Å². The van der Waals surface area contributed by atoms with Crippen molar-refractivity contribution >= 4 is 5.97 Å². The van der Waals surface area contributed by atoms with E-state index in [0.717, 1.165) is 13.0 Å². The van der Waals surface area contributed by atoms with Gasteiger partial charge in [-0.1, -0.05) is 114 Å². The van der Waals surface area contributed by atoms with Crippen molar-refractivity contribution in [2.45, 2.75) is 116 Å². The lowest BCUT2D eigenvalue weighted by Gasteiger charge is -2.21. The van der Waals surface area contributed by atoms with Crippen LogP contribution in [0.5, 0.6) is 0 Å². The van der Waals surface area contributed by atoms with Gasteiger partial charge in [0.25, 0.3) is 0 Å². The Morgan fingerprint density at radius 1 is 0.806 bits per heavy atom. The molecule has 1 aromatic carbocycles. The number of carbonyl (C=O) groups is 1. The van der Waals surface area contributed by atoms with E-state index in [1.54, 1.807) is 4.90 Å². The maximum absolute atomic E-state index is 8.89. The standard InChI is InChI=1S/C25H45N.C2H4O2.ClH/c1-4-5-6-7-8-9-10-11-12-13-14-15-19-22-25(26(2)3)23-24-20-17-16-18-21-24;1-2(3)4;/h16-18,20-21,25H,4-15,19,22-23H2,1-3H3;1H3,(H,3,4);1H/p-1. The van der Waals surface area contributed by atoms with Crippen LogP contribution < -0.4 is 22.4 Å². The van der Waals surface area contributed by atoms with Crippen LogP contribution in [0, 0.1) is 0 Å². The third kappa shape index (κ3) is 23.4. The molecule has 4 heteroatoms. The number of halogens is 1. The third-order valence-corrected chi connectivity index (χ3v) is 5.80. The number of nitrogens with one attached hydrogen (secondary N) is 1. The van der Waals surface area contributed by atoms with Crippen LogP contribution in [0.1, 0.15) is 109 Å². The number of carboxylic acid groups (broad SMARTS) is 1. The molecule has 0 spiro atoms. The molecule has 0 aliphatic carbocycles. The molecule has 0 bridgehead atoms. The second-order valence-electron chi connectivity index (χ2n) is 8.99. The lowest BCUT2D eigenvalue weighted by Crippen LogP contribution is -3.10. The number of hydrogen-bond acceptors (Lipinski definition) is 2. The zero-order valence-corrected chi connectivity index (χ0v) is 21.5. The fourth-order valence-electron chi connectivity index (χ4n) is 3.90. The predicted octanol–water partition coefficient (Wildman–Crippen LogP) is 1.98. The summed E-state index contributed by atoms with van der Waals surface area (Å²) in [5, 5.41) is 8.89. The molecule has 0 fully saturated rings. The molecule has 0 heterocycles.